The molecular formula is C20H16F3N3O3. The molecular weight excluding hydrogens is 387 g/mol. The number of aromatic nitrogens is 2. The molecule has 1 N–H and O–H groups in total. The van der Waals surface area contributed by atoms with Crippen molar-refractivity contribution in [2.75, 3.05) is 7.11 Å². The monoisotopic (exact) mass is 403 g/mol. The number of para-hydroxylation sites is 2. The zero-order valence-electron chi connectivity index (χ0n) is 15.2. The van der Waals surface area contributed by atoms with E-state index in [2.05, 4.69) is 15.3 Å². The lowest BCUT2D eigenvalue weighted by molar-refractivity contribution is -0.143. The van der Waals surface area contributed by atoms with E-state index in [9.17, 15) is 22.8 Å². The Morgan fingerprint density at radius 1 is 1.10 bits per heavy atom. The summed E-state index contributed by atoms with van der Waals surface area (Å²) in [5, 5.41) is 2.41. The molecule has 0 unspecified atom stereocenters. The first-order chi connectivity index (χ1) is 13.8. The standard InChI is InChI=1S/C20H16F3N3O3/c1-29-19(28)17(10-14-11-24-15-7-2-3-8-16(15)25-14)26-18(27)12-5-4-6-13(9-12)20(21,22)23/h2-9,11,17H,10H2,1H3,(H,26,27)/t17-/m1/s1. The fourth-order valence-corrected chi connectivity index (χ4v) is 2.72. The molecule has 3 rings (SSSR count). The summed E-state index contributed by atoms with van der Waals surface area (Å²) in [6.45, 7) is 0. The molecule has 0 bridgehead atoms. The van der Waals surface area contributed by atoms with Crippen LogP contribution in [-0.2, 0) is 22.1 Å². The van der Waals surface area contributed by atoms with Crippen LogP contribution >= 0.6 is 0 Å². The van der Waals surface area contributed by atoms with Crippen LogP contribution in [0.2, 0.25) is 0 Å². The van der Waals surface area contributed by atoms with Crippen LogP contribution in [0.15, 0.2) is 54.7 Å². The highest BCUT2D eigenvalue weighted by Gasteiger charge is 2.31. The minimum absolute atomic E-state index is 0.0325. The van der Waals surface area contributed by atoms with E-state index in [-0.39, 0.29) is 12.0 Å². The van der Waals surface area contributed by atoms with Crippen LogP contribution in [0.1, 0.15) is 21.6 Å². The van der Waals surface area contributed by atoms with Crippen molar-refractivity contribution in [1.82, 2.24) is 15.3 Å². The molecule has 0 fully saturated rings. The molecule has 0 radical (unpaired) electrons. The second-order valence-electron chi connectivity index (χ2n) is 6.18. The average Bonchev–Trinajstić information content (AvgIpc) is 2.72. The van der Waals surface area contributed by atoms with Gasteiger partial charge in [-0.25, -0.2) is 9.78 Å². The fraction of sp³-hybridized carbons (Fsp3) is 0.200. The van der Waals surface area contributed by atoms with Crippen molar-refractivity contribution in [3.05, 3.63) is 71.5 Å². The number of alkyl halides is 3. The number of benzene rings is 2. The quantitative estimate of drug-likeness (QED) is 0.662. The van der Waals surface area contributed by atoms with Gasteiger partial charge in [0.15, 0.2) is 0 Å². The SMILES string of the molecule is COC(=O)[C@@H](Cc1cnc2ccccc2n1)NC(=O)c1cccc(C(F)(F)F)c1. The smallest absolute Gasteiger partial charge is 0.416 e. The number of rotatable bonds is 5. The number of nitrogens with one attached hydrogen (secondary N) is 1. The molecule has 1 aromatic heterocycles. The number of ether oxygens (including phenoxy) is 1. The molecule has 6 nitrogen and oxygen atoms in total. The Morgan fingerprint density at radius 3 is 2.52 bits per heavy atom. The van der Waals surface area contributed by atoms with Crippen LogP contribution < -0.4 is 5.32 Å². The van der Waals surface area contributed by atoms with Gasteiger partial charge in [-0.15, -0.1) is 0 Å². The Labute approximate surface area is 163 Å². The molecule has 29 heavy (non-hydrogen) atoms. The zero-order valence-corrected chi connectivity index (χ0v) is 15.2. The van der Waals surface area contributed by atoms with Gasteiger partial charge < -0.3 is 10.1 Å². The van der Waals surface area contributed by atoms with Crippen LogP contribution in [0.5, 0.6) is 0 Å². The molecule has 3 aromatic rings. The lowest BCUT2D eigenvalue weighted by Crippen LogP contribution is -2.43. The summed E-state index contributed by atoms with van der Waals surface area (Å²) in [5.41, 5.74) is 0.513. The van der Waals surface area contributed by atoms with Crippen molar-refractivity contribution < 1.29 is 27.5 Å². The van der Waals surface area contributed by atoms with Crippen LogP contribution in [-0.4, -0.2) is 35.0 Å². The molecule has 1 atom stereocenters. The van der Waals surface area contributed by atoms with Gasteiger partial charge in [0.2, 0.25) is 0 Å². The summed E-state index contributed by atoms with van der Waals surface area (Å²) in [7, 11) is 1.15. The molecule has 0 saturated carbocycles. The zero-order chi connectivity index (χ0) is 21.0. The Bertz CT molecular complexity index is 1050. The highest BCUT2D eigenvalue weighted by atomic mass is 19.4. The van der Waals surface area contributed by atoms with E-state index in [1.807, 2.05) is 6.07 Å². The third-order valence-corrected chi connectivity index (χ3v) is 4.15. The number of carbonyl (C=O) groups is 2. The van der Waals surface area contributed by atoms with Gasteiger partial charge in [-0.1, -0.05) is 18.2 Å². The van der Waals surface area contributed by atoms with Crippen molar-refractivity contribution in [2.45, 2.75) is 18.6 Å². The molecule has 2 aromatic carbocycles. The second kappa shape index (κ2) is 8.26. The van der Waals surface area contributed by atoms with Gasteiger partial charge in [0.05, 0.1) is 29.4 Å². The lowest BCUT2D eigenvalue weighted by Gasteiger charge is -2.17. The van der Waals surface area contributed by atoms with Crippen molar-refractivity contribution in [1.29, 1.82) is 0 Å². The molecule has 0 aliphatic carbocycles. The van der Waals surface area contributed by atoms with Gasteiger partial charge in [-0.2, -0.15) is 13.2 Å². The van der Waals surface area contributed by atoms with E-state index in [1.54, 1.807) is 18.2 Å². The number of amides is 1. The number of esters is 1. The highest BCUT2D eigenvalue weighted by molar-refractivity contribution is 5.97. The van der Waals surface area contributed by atoms with E-state index in [1.165, 1.54) is 12.3 Å². The maximum absolute atomic E-state index is 12.9. The van der Waals surface area contributed by atoms with Crippen molar-refractivity contribution in [3.63, 3.8) is 0 Å². The minimum atomic E-state index is -4.58. The van der Waals surface area contributed by atoms with E-state index in [4.69, 9.17) is 4.74 Å². The summed E-state index contributed by atoms with van der Waals surface area (Å²) in [6, 6.07) is 9.92. The second-order valence-corrected chi connectivity index (χ2v) is 6.18. The number of nitrogens with zero attached hydrogens (tertiary/aromatic N) is 2. The van der Waals surface area contributed by atoms with E-state index < -0.39 is 29.7 Å². The summed E-state index contributed by atoms with van der Waals surface area (Å²) in [6.07, 6.45) is -3.15. The third kappa shape index (κ3) is 4.87. The molecule has 1 heterocycles. The molecule has 0 aliphatic heterocycles. The summed E-state index contributed by atoms with van der Waals surface area (Å²) < 4.78 is 43.3. The van der Waals surface area contributed by atoms with Crippen molar-refractivity contribution in [3.8, 4) is 0 Å². The Morgan fingerprint density at radius 2 is 1.83 bits per heavy atom. The van der Waals surface area contributed by atoms with Gasteiger partial charge in [0.1, 0.15) is 6.04 Å². The Balaban J connectivity index is 1.81. The maximum atomic E-state index is 12.9. The summed E-state index contributed by atoms with van der Waals surface area (Å²) in [5.74, 6) is -1.58. The van der Waals surface area contributed by atoms with Gasteiger partial charge in [0.25, 0.3) is 5.91 Å². The predicted molar refractivity (Wildman–Crippen MR) is 98.0 cm³/mol. The largest absolute Gasteiger partial charge is 0.467 e. The van der Waals surface area contributed by atoms with Crippen molar-refractivity contribution >= 4 is 22.9 Å². The number of hydrogen-bond donors (Lipinski definition) is 1. The van der Waals surface area contributed by atoms with Crippen LogP contribution in [0, 0.1) is 0 Å². The minimum Gasteiger partial charge on any atom is -0.467 e. The molecule has 0 saturated heterocycles. The van der Waals surface area contributed by atoms with Gasteiger partial charge >= 0.3 is 12.1 Å². The Hall–Kier alpha value is -3.49. The Kier molecular flexibility index (Phi) is 5.76. The number of carbonyl (C=O) groups excluding carboxylic acids is 2. The topological polar surface area (TPSA) is 81.2 Å². The fourth-order valence-electron chi connectivity index (χ4n) is 2.72. The summed E-state index contributed by atoms with van der Waals surface area (Å²) in [4.78, 5) is 33.2. The molecule has 9 heteroatoms. The molecule has 0 aliphatic rings. The van der Waals surface area contributed by atoms with Crippen LogP contribution in [0.4, 0.5) is 13.2 Å². The average molecular weight is 403 g/mol. The normalized spacial score (nSPS) is 12.4. The maximum Gasteiger partial charge on any atom is 0.416 e. The molecule has 0 spiro atoms. The first-order valence-electron chi connectivity index (χ1n) is 8.54. The van der Waals surface area contributed by atoms with Crippen molar-refractivity contribution in [2.24, 2.45) is 0 Å². The van der Waals surface area contributed by atoms with Gasteiger partial charge in [-0.3, -0.25) is 9.78 Å². The van der Waals surface area contributed by atoms with Crippen LogP contribution in [0.3, 0.4) is 0 Å². The highest BCUT2D eigenvalue weighted by Crippen LogP contribution is 2.29. The lowest BCUT2D eigenvalue weighted by atomic mass is 10.1. The van der Waals surface area contributed by atoms with E-state index in [0.717, 1.165) is 25.3 Å². The molecule has 1 amide bonds. The van der Waals surface area contributed by atoms with E-state index >= 15 is 0 Å². The number of fused-ring (bicyclic) bond motifs is 1. The third-order valence-electron chi connectivity index (χ3n) is 4.15. The van der Waals surface area contributed by atoms with Crippen LogP contribution in [0.25, 0.3) is 11.0 Å². The van der Waals surface area contributed by atoms with Gasteiger partial charge in [0, 0.05) is 18.2 Å². The number of halogens is 3. The first kappa shape index (κ1) is 20.2. The van der Waals surface area contributed by atoms with E-state index in [0.29, 0.717) is 16.7 Å². The number of methoxy groups -OCH3 is 1. The molecule has 150 valence electrons. The summed E-state index contributed by atoms with van der Waals surface area (Å²) >= 11 is 0. The number of hydrogen-bond acceptors (Lipinski definition) is 5. The first-order valence-corrected chi connectivity index (χ1v) is 8.54. The predicted octanol–water partition coefficient (Wildman–Crippen LogP) is 3.16. The van der Waals surface area contributed by atoms with Gasteiger partial charge in [-0.05, 0) is 30.3 Å².